The van der Waals surface area contributed by atoms with Crippen molar-refractivity contribution in [2.45, 2.75) is 89.3 Å². The first-order chi connectivity index (χ1) is 11.0. The van der Waals surface area contributed by atoms with E-state index in [9.17, 15) is 15.3 Å². The fourth-order valence-electron chi connectivity index (χ4n) is 3.87. The summed E-state index contributed by atoms with van der Waals surface area (Å²) in [7, 11) is 0. The van der Waals surface area contributed by atoms with E-state index in [1.54, 1.807) is 13.0 Å². The summed E-state index contributed by atoms with van der Waals surface area (Å²) in [5.74, 6) is 0.795. The molecular weight excluding hydrogens is 304 g/mol. The Morgan fingerprint density at radius 1 is 1.25 bits per heavy atom. The first-order valence-electron chi connectivity index (χ1n) is 9.17. The number of aliphatic hydroxyl groups excluding tert-OH is 2. The van der Waals surface area contributed by atoms with Gasteiger partial charge in [0, 0.05) is 6.42 Å². The minimum Gasteiger partial charge on any atom is -0.390 e. The highest BCUT2D eigenvalue weighted by Gasteiger charge is 2.46. The first-order valence-corrected chi connectivity index (χ1v) is 9.17. The molecule has 138 valence electrons. The number of fused-ring (bicyclic) bond motifs is 2. The van der Waals surface area contributed by atoms with E-state index in [0.29, 0.717) is 18.3 Å². The Bertz CT molecular complexity index is 482. The zero-order chi connectivity index (χ0) is 18.1. The van der Waals surface area contributed by atoms with Crippen molar-refractivity contribution in [3.05, 3.63) is 24.3 Å². The fraction of sp³-hybridized carbons (Fsp3) is 0.800. The van der Waals surface area contributed by atoms with Crippen LogP contribution in [0.4, 0.5) is 0 Å². The number of ether oxygens (including phenoxy) is 1. The summed E-state index contributed by atoms with van der Waals surface area (Å²) in [5, 5.41) is 31.6. The highest BCUT2D eigenvalue weighted by Crippen LogP contribution is 2.39. The van der Waals surface area contributed by atoms with Gasteiger partial charge in [-0.15, -0.1) is 0 Å². The number of hydrogen-bond acceptors (Lipinski definition) is 4. The Labute approximate surface area is 146 Å². The topological polar surface area (TPSA) is 69.9 Å². The molecule has 2 aliphatic rings. The van der Waals surface area contributed by atoms with Crippen molar-refractivity contribution in [3.63, 3.8) is 0 Å². The molecule has 0 aromatic rings. The molecule has 2 bridgehead atoms. The van der Waals surface area contributed by atoms with Crippen LogP contribution in [0.3, 0.4) is 0 Å². The minimum absolute atomic E-state index is 0.0603. The van der Waals surface area contributed by atoms with E-state index in [1.807, 2.05) is 6.92 Å². The molecule has 0 radical (unpaired) electrons. The Morgan fingerprint density at radius 3 is 2.54 bits per heavy atom. The van der Waals surface area contributed by atoms with Gasteiger partial charge in [0.05, 0.1) is 23.4 Å². The average molecular weight is 338 g/mol. The van der Waals surface area contributed by atoms with Crippen LogP contribution >= 0.6 is 0 Å². The second-order valence-corrected chi connectivity index (χ2v) is 8.50. The second kappa shape index (κ2) is 7.28. The van der Waals surface area contributed by atoms with Crippen LogP contribution in [0.5, 0.6) is 0 Å². The van der Waals surface area contributed by atoms with Gasteiger partial charge in [0.25, 0.3) is 0 Å². The van der Waals surface area contributed by atoms with Crippen LogP contribution in [0.2, 0.25) is 0 Å². The van der Waals surface area contributed by atoms with E-state index in [1.165, 1.54) is 0 Å². The van der Waals surface area contributed by atoms with Gasteiger partial charge < -0.3 is 20.1 Å². The summed E-state index contributed by atoms with van der Waals surface area (Å²) < 4.78 is 6.11. The van der Waals surface area contributed by atoms with Crippen molar-refractivity contribution in [1.82, 2.24) is 0 Å². The zero-order valence-electron chi connectivity index (χ0n) is 15.5. The quantitative estimate of drug-likeness (QED) is 0.643. The lowest BCUT2D eigenvalue weighted by atomic mass is 9.83. The van der Waals surface area contributed by atoms with Crippen LogP contribution in [0.25, 0.3) is 0 Å². The maximum atomic E-state index is 10.6. The smallest absolute Gasteiger partial charge is 0.109 e. The van der Waals surface area contributed by atoms with Gasteiger partial charge in [-0.1, -0.05) is 32.6 Å². The zero-order valence-corrected chi connectivity index (χ0v) is 15.5. The predicted molar refractivity (Wildman–Crippen MR) is 95.6 cm³/mol. The van der Waals surface area contributed by atoms with Gasteiger partial charge in [0.15, 0.2) is 0 Å². The molecule has 4 heteroatoms. The predicted octanol–water partition coefficient (Wildman–Crippen LogP) is 2.97. The molecule has 6 atom stereocenters. The van der Waals surface area contributed by atoms with Crippen LogP contribution in [0.1, 0.15) is 59.8 Å². The first kappa shape index (κ1) is 19.6. The average Bonchev–Trinajstić information content (AvgIpc) is 2.88. The van der Waals surface area contributed by atoms with Crippen LogP contribution in [0, 0.1) is 11.8 Å². The Kier molecular flexibility index (Phi) is 5.96. The van der Waals surface area contributed by atoms with Crippen molar-refractivity contribution in [2.75, 3.05) is 0 Å². The molecule has 2 heterocycles. The summed E-state index contributed by atoms with van der Waals surface area (Å²) in [5.41, 5.74) is -0.892. The molecule has 0 aromatic heterocycles. The van der Waals surface area contributed by atoms with Gasteiger partial charge in [0.2, 0.25) is 0 Å². The van der Waals surface area contributed by atoms with Gasteiger partial charge in [-0.3, -0.25) is 0 Å². The summed E-state index contributed by atoms with van der Waals surface area (Å²) >= 11 is 0. The van der Waals surface area contributed by atoms with Crippen LogP contribution in [0.15, 0.2) is 24.3 Å². The van der Waals surface area contributed by atoms with E-state index in [4.69, 9.17) is 4.74 Å². The van der Waals surface area contributed by atoms with Crippen molar-refractivity contribution in [1.29, 1.82) is 0 Å². The summed E-state index contributed by atoms with van der Waals surface area (Å²) in [6.45, 7) is 12.1. The Morgan fingerprint density at radius 2 is 1.92 bits per heavy atom. The second-order valence-electron chi connectivity index (χ2n) is 8.50. The monoisotopic (exact) mass is 338 g/mol. The van der Waals surface area contributed by atoms with Crippen LogP contribution in [-0.4, -0.2) is 44.8 Å². The van der Waals surface area contributed by atoms with Gasteiger partial charge in [-0.05, 0) is 56.9 Å². The normalized spacial score (nSPS) is 46.2. The molecule has 0 amide bonds. The van der Waals surface area contributed by atoms with Gasteiger partial charge >= 0.3 is 0 Å². The third-order valence-corrected chi connectivity index (χ3v) is 5.74. The maximum Gasteiger partial charge on any atom is 0.109 e. The van der Waals surface area contributed by atoms with Gasteiger partial charge in [-0.25, -0.2) is 0 Å². The van der Waals surface area contributed by atoms with Gasteiger partial charge in [-0.2, -0.15) is 0 Å². The van der Waals surface area contributed by atoms with Crippen LogP contribution in [-0.2, 0) is 4.74 Å². The number of aliphatic hydroxyl groups is 3. The maximum absolute atomic E-state index is 10.6. The van der Waals surface area contributed by atoms with Gasteiger partial charge in [0.1, 0.15) is 6.10 Å². The highest BCUT2D eigenvalue weighted by molar-refractivity contribution is 5.11. The number of hydrogen-bond donors (Lipinski definition) is 3. The van der Waals surface area contributed by atoms with Crippen molar-refractivity contribution >= 4 is 0 Å². The largest absolute Gasteiger partial charge is 0.390 e. The summed E-state index contributed by atoms with van der Waals surface area (Å²) in [4.78, 5) is 0. The molecule has 2 aliphatic heterocycles. The molecule has 4 nitrogen and oxygen atoms in total. The highest BCUT2D eigenvalue weighted by atomic mass is 16.5. The van der Waals surface area contributed by atoms with E-state index >= 15 is 0 Å². The summed E-state index contributed by atoms with van der Waals surface area (Å²) in [6.07, 6.45) is 5.11. The Hall–Kier alpha value is -0.680. The van der Waals surface area contributed by atoms with E-state index in [2.05, 4.69) is 26.5 Å². The molecule has 0 aliphatic carbocycles. The third kappa shape index (κ3) is 4.48. The molecule has 0 saturated carbocycles. The lowest BCUT2D eigenvalue weighted by Crippen LogP contribution is -2.49. The van der Waals surface area contributed by atoms with E-state index in [-0.39, 0.29) is 12.5 Å². The molecule has 24 heavy (non-hydrogen) atoms. The van der Waals surface area contributed by atoms with Crippen LogP contribution < -0.4 is 0 Å². The minimum atomic E-state index is -1.16. The molecule has 2 rings (SSSR count). The lowest BCUT2D eigenvalue weighted by molar-refractivity contribution is -0.146. The third-order valence-electron chi connectivity index (χ3n) is 5.74. The SMILES string of the molecule is C=C1CC[C@@H](C(C)C)/C=C/[C@@](C)(O)C[C@@H](O)[C@H](O)[C@@]2(C)CC[C@@H]1O2. The van der Waals surface area contributed by atoms with E-state index in [0.717, 1.165) is 24.8 Å². The number of rotatable bonds is 1. The molecule has 0 unspecified atom stereocenters. The van der Waals surface area contributed by atoms with Crippen molar-refractivity contribution in [2.24, 2.45) is 11.8 Å². The summed E-state index contributed by atoms with van der Waals surface area (Å²) in [6, 6.07) is 0. The molecule has 1 saturated heterocycles. The molecular formula is C20H34O4. The van der Waals surface area contributed by atoms with Crippen molar-refractivity contribution in [3.8, 4) is 0 Å². The molecule has 1 fully saturated rings. The molecule has 0 aromatic carbocycles. The Balaban J connectivity index is 2.28. The number of allylic oxidation sites excluding steroid dienone is 1. The van der Waals surface area contributed by atoms with Crippen molar-refractivity contribution < 1.29 is 20.1 Å². The fourth-order valence-corrected chi connectivity index (χ4v) is 3.87. The lowest BCUT2D eigenvalue weighted by Gasteiger charge is -2.35. The van der Waals surface area contributed by atoms with E-state index < -0.39 is 23.4 Å². The molecule has 0 spiro atoms. The molecule has 3 N–H and O–H groups in total. The standard InChI is InChI=1S/C20H34O4/c1-13(2)15-7-6-14(3)17-9-11-20(5,24-17)18(22)16(21)12-19(4,23)10-8-15/h8,10,13,15-18,21-23H,3,6-7,9,11-12H2,1-2,4-5H3/b10-8+/t15-,16-,17+,18+,19-,20-/m1/s1.